The number of hydrogen-bond acceptors (Lipinski definition) is 4. The van der Waals surface area contributed by atoms with Crippen LogP contribution in [0.25, 0.3) is 0 Å². The second-order valence-electron chi connectivity index (χ2n) is 7.79. The van der Waals surface area contributed by atoms with Crippen LogP contribution in [0.5, 0.6) is 0 Å². The maximum atomic E-state index is 11.9. The number of carboxylic acids is 1. The Morgan fingerprint density at radius 2 is 2.20 bits per heavy atom. The number of aromatic amines is 1. The molecule has 0 radical (unpaired) electrons. The van der Waals surface area contributed by atoms with Crippen LogP contribution in [0.4, 0.5) is 0 Å². The Hall–Kier alpha value is -1.40. The van der Waals surface area contributed by atoms with Gasteiger partial charge in [0, 0.05) is 44.0 Å². The van der Waals surface area contributed by atoms with E-state index in [1.807, 2.05) is 6.20 Å². The Morgan fingerprint density at radius 1 is 1.40 bits per heavy atom. The molecule has 0 unspecified atom stereocenters. The van der Waals surface area contributed by atoms with Crippen LogP contribution in [-0.2, 0) is 16.1 Å². The third-order valence-electron chi connectivity index (χ3n) is 6.05. The number of nitrogens with zero attached hydrogens (tertiary/aromatic N) is 2. The standard InChI is InChI=1S/C19H31N3O3/c1-25-11-9-19(18(23)24)8-5-10-22(14-19)13-16-12-20-21-17(16)15-6-3-2-4-7-15/h12,15H,2-11,13-14H2,1H3,(H,20,21)(H,23,24)/t19-/m0/s1. The van der Waals surface area contributed by atoms with Crippen molar-refractivity contribution in [2.45, 2.75) is 63.8 Å². The van der Waals surface area contributed by atoms with Crippen LogP contribution in [0.15, 0.2) is 6.20 Å². The first-order valence-electron chi connectivity index (χ1n) is 9.61. The maximum Gasteiger partial charge on any atom is 0.311 e. The molecule has 6 heteroatoms. The summed E-state index contributed by atoms with van der Waals surface area (Å²) in [5, 5.41) is 17.3. The number of nitrogens with one attached hydrogen (secondary N) is 1. The smallest absolute Gasteiger partial charge is 0.311 e. The number of methoxy groups -OCH3 is 1. The predicted molar refractivity (Wildman–Crippen MR) is 95.5 cm³/mol. The number of aromatic nitrogens is 2. The minimum atomic E-state index is -0.686. The highest BCUT2D eigenvalue weighted by atomic mass is 16.5. The summed E-state index contributed by atoms with van der Waals surface area (Å²) in [6.45, 7) is 2.85. The van der Waals surface area contributed by atoms with Gasteiger partial charge in [0.2, 0.25) is 0 Å². The largest absolute Gasteiger partial charge is 0.481 e. The fraction of sp³-hybridized carbons (Fsp3) is 0.789. The number of rotatable bonds is 7. The van der Waals surface area contributed by atoms with Crippen molar-refractivity contribution in [1.82, 2.24) is 15.1 Å². The second-order valence-corrected chi connectivity index (χ2v) is 7.79. The third kappa shape index (κ3) is 4.23. The second kappa shape index (κ2) is 8.32. The number of ether oxygens (including phenoxy) is 1. The number of H-pyrrole nitrogens is 1. The van der Waals surface area contributed by atoms with E-state index >= 15 is 0 Å². The van der Waals surface area contributed by atoms with Crippen molar-refractivity contribution in [3.63, 3.8) is 0 Å². The number of aliphatic carboxylic acids is 1. The quantitative estimate of drug-likeness (QED) is 0.790. The summed E-state index contributed by atoms with van der Waals surface area (Å²) in [7, 11) is 1.64. The molecule has 2 aliphatic rings. The van der Waals surface area contributed by atoms with Gasteiger partial charge in [-0.2, -0.15) is 5.10 Å². The molecular formula is C19H31N3O3. The van der Waals surface area contributed by atoms with Crippen LogP contribution < -0.4 is 0 Å². The van der Waals surface area contributed by atoms with E-state index in [0.717, 1.165) is 25.9 Å². The molecule has 1 aromatic rings. The third-order valence-corrected chi connectivity index (χ3v) is 6.05. The van der Waals surface area contributed by atoms with Gasteiger partial charge in [-0.05, 0) is 38.6 Å². The van der Waals surface area contributed by atoms with Gasteiger partial charge in [-0.3, -0.25) is 14.8 Å². The fourth-order valence-electron chi connectivity index (χ4n) is 4.58. The molecule has 6 nitrogen and oxygen atoms in total. The van der Waals surface area contributed by atoms with E-state index in [2.05, 4.69) is 15.1 Å². The van der Waals surface area contributed by atoms with Gasteiger partial charge in [0.15, 0.2) is 0 Å². The van der Waals surface area contributed by atoms with Crippen molar-refractivity contribution < 1.29 is 14.6 Å². The minimum Gasteiger partial charge on any atom is -0.481 e. The van der Waals surface area contributed by atoms with Gasteiger partial charge >= 0.3 is 5.97 Å². The van der Waals surface area contributed by atoms with E-state index in [1.165, 1.54) is 43.4 Å². The highest BCUT2D eigenvalue weighted by Crippen LogP contribution is 2.36. The zero-order chi connectivity index (χ0) is 17.7. The van der Waals surface area contributed by atoms with Crippen LogP contribution in [0.2, 0.25) is 0 Å². The molecule has 1 aromatic heterocycles. The summed E-state index contributed by atoms with van der Waals surface area (Å²) < 4.78 is 5.16. The van der Waals surface area contributed by atoms with E-state index in [0.29, 0.717) is 25.5 Å². The van der Waals surface area contributed by atoms with Gasteiger partial charge in [-0.15, -0.1) is 0 Å². The van der Waals surface area contributed by atoms with Crippen molar-refractivity contribution in [2.75, 3.05) is 26.8 Å². The SMILES string of the molecule is COCC[C@@]1(C(=O)O)CCCN(Cc2cn[nH]c2C2CCCCC2)C1. The highest BCUT2D eigenvalue weighted by Gasteiger charge is 2.42. The molecule has 1 aliphatic carbocycles. The maximum absolute atomic E-state index is 11.9. The monoisotopic (exact) mass is 349 g/mol. The summed E-state index contributed by atoms with van der Waals surface area (Å²) >= 11 is 0. The van der Waals surface area contributed by atoms with Crippen molar-refractivity contribution in [3.05, 3.63) is 17.5 Å². The molecule has 2 fully saturated rings. The van der Waals surface area contributed by atoms with Crippen molar-refractivity contribution in [1.29, 1.82) is 0 Å². The molecule has 0 bridgehead atoms. The van der Waals surface area contributed by atoms with E-state index in [-0.39, 0.29) is 0 Å². The fourth-order valence-corrected chi connectivity index (χ4v) is 4.58. The van der Waals surface area contributed by atoms with Gasteiger partial charge in [0.05, 0.1) is 11.6 Å². The van der Waals surface area contributed by atoms with Crippen LogP contribution in [0.3, 0.4) is 0 Å². The molecule has 0 amide bonds. The van der Waals surface area contributed by atoms with E-state index < -0.39 is 11.4 Å². The summed E-state index contributed by atoms with van der Waals surface area (Å²) in [4.78, 5) is 14.2. The molecular weight excluding hydrogens is 318 g/mol. The molecule has 0 aromatic carbocycles. The Bertz CT molecular complexity index is 568. The van der Waals surface area contributed by atoms with Gasteiger partial charge < -0.3 is 9.84 Å². The average molecular weight is 349 g/mol. The lowest BCUT2D eigenvalue weighted by atomic mass is 9.77. The zero-order valence-electron chi connectivity index (χ0n) is 15.3. The Kier molecular flexibility index (Phi) is 6.12. The molecule has 1 saturated carbocycles. The first-order chi connectivity index (χ1) is 12.1. The topological polar surface area (TPSA) is 78.5 Å². The normalized spacial score (nSPS) is 26.0. The molecule has 2 heterocycles. The van der Waals surface area contributed by atoms with Gasteiger partial charge in [0.1, 0.15) is 0 Å². The molecule has 0 spiro atoms. The first kappa shape index (κ1) is 18.4. The molecule has 3 rings (SSSR count). The lowest BCUT2D eigenvalue weighted by Crippen LogP contribution is -2.48. The van der Waals surface area contributed by atoms with E-state index in [1.54, 1.807) is 7.11 Å². The summed E-state index contributed by atoms with van der Waals surface area (Å²) in [6, 6.07) is 0. The Labute approximate surface area is 149 Å². The van der Waals surface area contributed by atoms with Gasteiger partial charge in [0.25, 0.3) is 0 Å². The van der Waals surface area contributed by atoms with Crippen molar-refractivity contribution in [2.24, 2.45) is 5.41 Å². The Morgan fingerprint density at radius 3 is 2.92 bits per heavy atom. The number of likely N-dealkylation sites (tertiary alicyclic amines) is 1. The van der Waals surface area contributed by atoms with Crippen LogP contribution >= 0.6 is 0 Å². The van der Waals surface area contributed by atoms with Gasteiger partial charge in [-0.25, -0.2) is 0 Å². The lowest BCUT2D eigenvalue weighted by Gasteiger charge is -2.40. The number of piperidine rings is 1. The number of carboxylic acid groups (broad SMARTS) is 1. The lowest BCUT2D eigenvalue weighted by molar-refractivity contribution is -0.154. The van der Waals surface area contributed by atoms with Crippen LogP contribution in [0, 0.1) is 5.41 Å². The van der Waals surface area contributed by atoms with Gasteiger partial charge in [-0.1, -0.05) is 19.3 Å². The molecule has 1 aliphatic heterocycles. The minimum absolute atomic E-state index is 0.499. The highest BCUT2D eigenvalue weighted by molar-refractivity contribution is 5.75. The number of hydrogen-bond donors (Lipinski definition) is 2. The van der Waals surface area contributed by atoms with E-state index in [9.17, 15) is 9.90 Å². The first-order valence-corrected chi connectivity index (χ1v) is 9.61. The van der Waals surface area contributed by atoms with E-state index in [4.69, 9.17) is 4.74 Å². The predicted octanol–water partition coefficient (Wildman–Crippen LogP) is 3.16. The molecule has 25 heavy (non-hydrogen) atoms. The van der Waals surface area contributed by atoms with Crippen LogP contribution in [-0.4, -0.2) is 53.0 Å². The average Bonchev–Trinajstić information content (AvgIpc) is 3.09. The van der Waals surface area contributed by atoms with Crippen molar-refractivity contribution in [3.8, 4) is 0 Å². The Balaban J connectivity index is 1.68. The summed E-state index contributed by atoms with van der Waals surface area (Å²) in [6.07, 6.45) is 10.6. The molecule has 2 N–H and O–H groups in total. The molecule has 140 valence electrons. The summed E-state index contributed by atoms with van der Waals surface area (Å²) in [5.74, 6) is -0.0947. The summed E-state index contributed by atoms with van der Waals surface area (Å²) in [5.41, 5.74) is 1.85. The molecule has 1 atom stereocenters. The van der Waals surface area contributed by atoms with Crippen molar-refractivity contribution >= 4 is 5.97 Å². The molecule has 1 saturated heterocycles. The van der Waals surface area contributed by atoms with Crippen LogP contribution in [0.1, 0.15) is 68.5 Å². The zero-order valence-corrected chi connectivity index (χ0v) is 15.3. The number of carbonyl (C=O) groups is 1.